The molecular formula is C13H15N. The first-order valence-corrected chi connectivity index (χ1v) is 4.90. The molecule has 0 amide bonds. The van der Waals surface area contributed by atoms with Crippen LogP contribution in [-0.2, 0) is 5.54 Å². The molecule has 0 unspecified atom stereocenters. The van der Waals surface area contributed by atoms with Crippen molar-refractivity contribution in [2.75, 3.05) is 0 Å². The van der Waals surface area contributed by atoms with E-state index in [1.54, 1.807) is 0 Å². The van der Waals surface area contributed by atoms with E-state index >= 15 is 0 Å². The van der Waals surface area contributed by atoms with Crippen molar-refractivity contribution in [3.05, 3.63) is 60.4 Å². The predicted octanol–water partition coefficient (Wildman–Crippen LogP) is 3.27. The zero-order valence-corrected chi connectivity index (χ0v) is 8.64. The second-order valence-electron chi connectivity index (χ2n) is 4.02. The largest absolute Gasteiger partial charge is 0.345 e. The van der Waals surface area contributed by atoms with Crippen molar-refractivity contribution in [3.8, 4) is 0 Å². The van der Waals surface area contributed by atoms with Gasteiger partial charge in [-0.25, -0.2) is 0 Å². The van der Waals surface area contributed by atoms with Gasteiger partial charge in [-0.2, -0.15) is 0 Å². The summed E-state index contributed by atoms with van der Waals surface area (Å²) in [6, 6.07) is 14.7. The molecule has 1 heterocycles. The van der Waals surface area contributed by atoms with E-state index in [4.69, 9.17) is 0 Å². The van der Waals surface area contributed by atoms with Crippen LogP contribution in [-0.4, -0.2) is 4.57 Å². The van der Waals surface area contributed by atoms with Gasteiger partial charge in [0.15, 0.2) is 0 Å². The average Bonchev–Trinajstić information content (AvgIpc) is 2.72. The highest BCUT2D eigenvalue weighted by Crippen LogP contribution is 2.24. The third-order valence-electron chi connectivity index (χ3n) is 2.73. The lowest BCUT2D eigenvalue weighted by Crippen LogP contribution is -2.25. The zero-order chi connectivity index (χ0) is 10.0. The third kappa shape index (κ3) is 1.46. The molecule has 1 nitrogen and oxygen atoms in total. The van der Waals surface area contributed by atoms with Crippen LogP contribution in [0.1, 0.15) is 19.4 Å². The van der Waals surface area contributed by atoms with Crippen molar-refractivity contribution in [3.63, 3.8) is 0 Å². The first kappa shape index (κ1) is 9.07. The summed E-state index contributed by atoms with van der Waals surface area (Å²) < 4.78 is 2.22. The minimum absolute atomic E-state index is 0.0325. The van der Waals surface area contributed by atoms with Gasteiger partial charge >= 0.3 is 0 Å². The summed E-state index contributed by atoms with van der Waals surface area (Å²) in [5.41, 5.74) is 1.36. The quantitative estimate of drug-likeness (QED) is 0.676. The highest BCUT2D eigenvalue weighted by Gasteiger charge is 2.20. The maximum absolute atomic E-state index is 2.22. The molecule has 1 aromatic heterocycles. The van der Waals surface area contributed by atoms with E-state index in [2.05, 4.69) is 73.3 Å². The molecule has 1 heteroatoms. The van der Waals surface area contributed by atoms with Gasteiger partial charge in [0.2, 0.25) is 0 Å². The molecule has 0 saturated carbocycles. The molecule has 14 heavy (non-hydrogen) atoms. The lowest BCUT2D eigenvalue weighted by atomic mass is 9.94. The summed E-state index contributed by atoms with van der Waals surface area (Å²) in [5, 5.41) is 0. The van der Waals surface area contributed by atoms with Gasteiger partial charge in [0, 0.05) is 12.4 Å². The Hall–Kier alpha value is -1.50. The van der Waals surface area contributed by atoms with Crippen LogP contribution in [0.15, 0.2) is 54.9 Å². The van der Waals surface area contributed by atoms with Crippen molar-refractivity contribution in [2.24, 2.45) is 0 Å². The van der Waals surface area contributed by atoms with Crippen LogP contribution < -0.4 is 0 Å². The van der Waals surface area contributed by atoms with Crippen LogP contribution in [0, 0.1) is 0 Å². The molecule has 1 aromatic carbocycles. The molecule has 2 rings (SSSR count). The highest BCUT2D eigenvalue weighted by atomic mass is 15.0. The van der Waals surface area contributed by atoms with Gasteiger partial charge in [-0.1, -0.05) is 30.3 Å². The van der Waals surface area contributed by atoms with E-state index in [0.29, 0.717) is 0 Å². The Morgan fingerprint density at radius 3 is 2.00 bits per heavy atom. The predicted molar refractivity (Wildman–Crippen MR) is 59.3 cm³/mol. The first-order chi connectivity index (χ1) is 6.71. The molecule has 0 bridgehead atoms. The fourth-order valence-corrected chi connectivity index (χ4v) is 1.70. The van der Waals surface area contributed by atoms with Crippen molar-refractivity contribution < 1.29 is 0 Å². The van der Waals surface area contributed by atoms with Crippen LogP contribution in [0.25, 0.3) is 0 Å². The Morgan fingerprint density at radius 2 is 1.43 bits per heavy atom. The summed E-state index contributed by atoms with van der Waals surface area (Å²) in [7, 11) is 0. The number of hydrogen-bond donors (Lipinski definition) is 0. The van der Waals surface area contributed by atoms with E-state index in [9.17, 15) is 0 Å². The third-order valence-corrected chi connectivity index (χ3v) is 2.73. The smallest absolute Gasteiger partial charge is 0.0634 e. The van der Waals surface area contributed by atoms with Gasteiger partial charge in [-0.15, -0.1) is 0 Å². The van der Waals surface area contributed by atoms with Crippen LogP contribution in [0.4, 0.5) is 0 Å². The molecule has 0 aliphatic carbocycles. The van der Waals surface area contributed by atoms with Gasteiger partial charge in [-0.3, -0.25) is 0 Å². The Bertz CT molecular complexity index is 384. The van der Waals surface area contributed by atoms with Gasteiger partial charge in [0.1, 0.15) is 0 Å². The molecule has 0 atom stereocenters. The number of benzene rings is 1. The summed E-state index contributed by atoms with van der Waals surface area (Å²) in [4.78, 5) is 0. The molecule has 0 N–H and O–H groups in total. The van der Waals surface area contributed by atoms with E-state index in [0.717, 1.165) is 0 Å². The second-order valence-corrected chi connectivity index (χ2v) is 4.02. The van der Waals surface area contributed by atoms with E-state index < -0.39 is 0 Å². The van der Waals surface area contributed by atoms with Crippen LogP contribution in [0.3, 0.4) is 0 Å². The van der Waals surface area contributed by atoms with Crippen molar-refractivity contribution in [2.45, 2.75) is 19.4 Å². The molecule has 0 fully saturated rings. The number of aromatic nitrogens is 1. The van der Waals surface area contributed by atoms with Crippen molar-refractivity contribution in [1.29, 1.82) is 0 Å². The maximum atomic E-state index is 2.22. The lowest BCUT2D eigenvalue weighted by Gasteiger charge is -2.27. The highest BCUT2D eigenvalue weighted by molar-refractivity contribution is 5.24. The van der Waals surface area contributed by atoms with Gasteiger partial charge < -0.3 is 4.57 Å². The fourth-order valence-electron chi connectivity index (χ4n) is 1.70. The Balaban J connectivity index is 2.43. The summed E-state index contributed by atoms with van der Waals surface area (Å²) in [6.07, 6.45) is 4.21. The molecule has 0 aliphatic heterocycles. The van der Waals surface area contributed by atoms with Gasteiger partial charge in [0.05, 0.1) is 5.54 Å². The Morgan fingerprint density at radius 1 is 0.857 bits per heavy atom. The monoisotopic (exact) mass is 185 g/mol. The van der Waals surface area contributed by atoms with Crippen molar-refractivity contribution in [1.82, 2.24) is 4.57 Å². The SMILES string of the molecule is CC(C)(c1ccccc1)n1cccc1. The number of rotatable bonds is 2. The zero-order valence-electron chi connectivity index (χ0n) is 8.64. The van der Waals surface area contributed by atoms with Gasteiger partial charge in [-0.05, 0) is 31.5 Å². The van der Waals surface area contributed by atoms with Crippen LogP contribution >= 0.6 is 0 Å². The topological polar surface area (TPSA) is 4.93 Å². The first-order valence-electron chi connectivity index (χ1n) is 4.90. The minimum atomic E-state index is 0.0325. The molecule has 2 aromatic rings. The summed E-state index contributed by atoms with van der Waals surface area (Å²) in [6.45, 7) is 4.45. The molecule has 72 valence electrons. The molecule has 0 spiro atoms. The Labute approximate surface area is 85.0 Å². The van der Waals surface area contributed by atoms with Crippen molar-refractivity contribution >= 4 is 0 Å². The lowest BCUT2D eigenvalue weighted by molar-refractivity contribution is 0.438. The maximum Gasteiger partial charge on any atom is 0.0634 e. The molecule has 0 aliphatic rings. The van der Waals surface area contributed by atoms with E-state index in [1.807, 2.05) is 0 Å². The summed E-state index contributed by atoms with van der Waals surface area (Å²) in [5.74, 6) is 0. The summed E-state index contributed by atoms with van der Waals surface area (Å²) >= 11 is 0. The van der Waals surface area contributed by atoms with Gasteiger partial charge in [0.25, 0.3) is 0 Å². The minimum Gasteiger partial charge on any atom is -0.345 e. The van der Waals surface area contributed by atoms with Crippen LogP contribution in [0.2, 0.25) is 0 Å². The molecule has 0 radical (unpaired) electrons. The number of hydrogen-bond acceptors (Lipinski definition) is 0. The molecular weight excluding hydrogens is 170 g/mol. The average molecular weight is 185 g/mol. The Kier molecular flexibility index (Phi) is 2.16. The standard InChI is InChI=1S/C13H15N/c1-13(2,14-10-6-7-11-14)12-8-4-3-5-9-12/h3-11H,1-2H3. The van der Waals surface area contributed by atoms with Crippen LogP contribution in [0.5, 0.6) is 0 Å². The van der Waals surface area contributed by atoms with E-state index in [-0.39, 0.29) is 5.54 Å². The molecule has 0 saturated heterocycles. The number of nitrogens with zero attached hydrogens (tertiary/aromatic N) is 1. The van der Waals surface area contributed by atoms with E-state index in [1.165, 1.54) is 5.56 Å². The normalized spacial score (nSPS) is 11.6. The fraction of sp³-hybridized carbons (Fsp3) is 0.231. The second kappa shape index (κ2) is 3.33.